The lowest BCUT2D eigenvalue weighted by molar-refractivity contribution is -0.128. The molecule has 158 valence electrons. The third kappa shape index (κ3) is 3.26. The van der Waals surface area contributed by atoms with Gasteiger partial charge in [0.15, 0.2) is 0 Å². The van der Waals surface area contributed by atoms with E-state index in [4.69, 9.17) is 0 Å². The highest BCUT2D eigenvalue weighted by atomic mass is 16.4. The second-order valence-electron chi connectivity index (χ2n) is 8.37. The Morgan fingerprint density at radius 3 is 2.60 bits per heavy atom. The Labute approximate surface area is 177 Å². The summed E-state index contributed by atoms with van der Waals surface area (Å²) in [7, 11) is 1.83. The van der Waals surface area contributed by atoms with Gasteiger partial charge in [-0.05, 0) is 49.8 Å². The summed E-state index contributed by atoms with van der Waals surface area (Å²) in [6.45, 7) is 4.31. The Bertz CT molecular complexity index is 1070. The van der Waals surface area contributed by atoms with Gasteiger partial charge in [-0.2, -0.15) is 0 Å². The van der Waals surface area contributed by atoms with Crippen molar-refractivity contribution >= 4 is 28.4 Å². The van der Waals surface area contributed by atoms with E-state index in [1.807, 2.05) is 26.1 Å². The van der Waals surface area contributed by atoms with Crippen LogP contribution in [-0.4, -0.2) is 33.5 Å². The van der Waals surface area contributed by atoms with Crippen molar-refractivity contribution < 1.29 is 14.7 Å². The van der Waals surface area contributed by atoms with Gasteiger partial charge in [-0.3, -0.25) is 4.79 Å². The van der Waals surface area contributed by atoms with Gasteiger partial charge < -0.3 is 14.6 Å². The van der Waals surface area contributed by atoms with Crippen molar-refractivity contribution in [3.63, 3.8) is 0 Å². The van der Waals surface area contributed by atoms with Gasteiger partial charge in [0, 0.05) is 23.7 Å². The van der Waals surface area contributed by atoms with Crippen molar-refractivity contribution in [2.75, 3.05) is 7.05 Å². The maximum absolute atomic E-state index is 13.1. The predicted molar refractivity (Wildman–Crippen MR) is 120 cm³/mol. The molecule has 5 heteroatoms. The van der Waals surface area contributed by atoms with Gasteiger partial charge in [-0.1, -0.05) is 44.4 Å². The van der Waals surface area contributed by atoms with Crippen LogP contribution in [0.15, 0.2) is 36.0 Å². The molecule has 0 spiro atoms. The molecule has 4 rings (SSSR count). The van der Waals surface area contributed by atoms with Gasteiger partial charge in [-0.25, -0.2) is 4.79 Å². The Morgan fingerprint density at radius 1 is 1.23 bits per heavy atom. The van der Waals surface area contributed by atoms with E-state index in [1.54, 1.807) is 17.0 Å². The molecule has 0 bridgehead atoms. The predicted octanol–water partition coefficient (Wildman–Crippen LogP) is 5.56. The molecule has 30 heavy (non-hydrogen) atoms. The Kier molecular flexibility index (Phi) is 5.54. The molecule has 1 aromatic carbocycles. The molecule has 1 aliphatic carbocycles. The topological polar surface area (TPSA) is 62.5 Å². The van der Waals surface area contributed by atoms with E-state index in [1.165, 1.54) is 24.8 Å². The molecule has 0 atom stereocenters. The average Bonchev–Trinajstić information content (AvgIpc) is 3.02. The summed E-state index contributed by atoms with van der Waals surface area (Å²) in [5.41, 5.74) is 5.53. The van der Waals surface area contributed by atoms with Gasteiger partial charge in [-0.15, -0.1) is 0 Å². The zero-order chi connectivity index (χ0) is 21.4. The minimum atomic E-state index is -0.942. The van der Waals surface area contributed by atoms with Gasteiger partial charge in [0.2, 0.25) is 5.91 Å². The van der Waals surface area contributed by atoms with Crippen molar-refractivity contribution in [3.05, 3.63) is 52.9 Å². The second kappa shape index (κ2) is 8.13. The standard InChI is InChI=1S/C25H30N2O3/c1-4-9-19-20(5-2)26(3)22(28)15-27-21-14-17(25(29)30)12-13-18(21)23(24(19)27)16-10-7-6-8-11-16/h5,9,12-14,16H,4,6-8,10-11,15H2,1-3H3,(H,29,30)/b19-9+,20-5+. The number of carboxylic acids is 1. The van der Waals surface area contributed by atoms with Crippen molar-refractivity contribution in [3.8, 4) is 0 Å². The molecule has 5 nitrogen and oxygen atoms in total. The molecule has 1 amide bonds. The lowest BCUT2D eigenvalue weighted by atomic mass is 9.81. The highest BCUT2D eigenvalue weighted by Crippen LogP contribution is 2.45. The van der Waals surface area contributed by atoms with Crippen LogP contribution in [0.1, 0.15) is 79.9 Å². The van der Waals surface area contributed by atoms with E-state index < -0.39 is 5.97 Å². The van der Waals surface area contributed by atoms with Crippen LogP contribution in [0, 0.1) is 0 Å². The van der Waals surface area contributed by atoms with E-state index in [0.29, 0.717) is 5.92 Å². The number of fused-ring (bicyclic) bond motifs is 3. The van der Waals surface area contributed by atoms with Crippen molar-refractivity contribution in [2.24, 2.45) is 0 Å². The minimum Gasteiger partial charge on any atom is -0.478 e. The van der Waals surface area contributed by atoms with Crippen LogP contribution in [0.2, 0.25) is 0 Å². The van der Waals surface area contributed by atoms with E-state index in [-0.39, 0.29) is 18.0 Å². The number of carboxylic acid groups (broad SMARTS) is 1. The van der Waals surface area contributed by atoms with Crippen LogP contribution in [0.4, 0.5) is 0 Å². The second-order valence-corrected chi connectivity index (χ2v) is 8.37. The van der Waals surface area contributed by atoms with E-state index in [0.717, 1.165) is 47.1 Å². The van der Waals surface area contributed by atoms with Crippen molar-refractivity contribution in [2.45, 2.75) is 64.8 Å². The summed E-state index contributed by atoms with van der Waals surface area (Å²) in [4.78, 5) is 26.5. The molecule has 0 radical (unpaired) electrons. The third-order valence-corrected chi connectivity index (χ3v) is 6.61. The lowest BCUT2D eigenvalue weighted by Crippen LogP contribution is -2.27. The van der Waals surface area contributed by atoms with Gasteiger partial charge in [0.1, 0.15) is 6.54 Å². The number of carbonyl (C=O) groups excluding carboxylic acids is 1. The molecule has 1 saturated carbocycles. The van der Waals surface area contributed by atoms with Crippen LogP contribution in [0.3, 0.4) is 0 Å². The number of rotatable bonds is 3. The maximum atomic E-state index is 13.1. The molecule has 1 aromatic heterocycles. The first-order valence-corrected chi connectivity index (χ1v) is 11.0. The number of carbonyl (C=O) groups is 2. The van der Waals surface area contributed by atoms with Crippen LogP contribution in [0.25, 0.3) is 16.5 Å². The first-order chi connectivity index (χ1) is 14.5. The van der Waals surface area contributed by atoms with Gasteiger partial charge >= 0.3 is 5.97 Å². The largest absolute Gasteiger partial charge is 0.478 e. The van der Waals surface area contributed by atoms with Crippen LogP contribution in [-0.2, 0) is 11.3 Å². The van der Waals surface area contributed by atoms with E-state index >= 15 is 0 Å². The normalized spacial score (nSPS) is 20.8. The number of amides is 1. The number of benzene rings is 1. The molecular formula is C25H30N2O3. The number of hydrogen-bond donors (Lipinski definition) is 1. The Hall–Kier alpha value is -2.82. The monoisotopic (exact) mass is 406 g/mol. The van der Waals surface area contributed by atoms with Crippen molar-refractivity contribution in [1.29, 1.82) is 0 Å². The first kappa shape index (κ1) is 20.5. The zero-order valence-corrected chi connectivity index (χ0v) is 18.1. The molecule has 0 saturated heterocycles. The highest BCUT2D eigenvalue weighted by Gasteiger charge is 2.33. The molecular weight excluding hydrogens is 376 g/mol. The van der Waals surface area contributed by atoms with Crippen LogP contribution >= 0.6 is 0 Å². The number of aromatic nitrogens is 1. The summed E-state index contributed by atoms with van der Waals surface area (Å²) >= 11 is 0. The molecule has 2 aliphatic rings. The summed E-state index contributed by atoms with van der Waals surface area (Å²) in [5.74, 6) is -0.496. The number of likely N-dealkylation sites (N-methyl/N-ethyl adjacent to an activating group) is 1. The van der Waals surface area contributed by atoms with Crippen LogP contribution < -0.4 is 0 Å². The number of aromatic carboxylic acids is 1. The van der Waals surface area contributed by atoms with E-state index in [2.05, 4.69) is 17.6 Å². The average molecular weight is 407 g/mol. The quantitative estimate of drug-likeness (QED) is 0.726. The summed E-state index contributed by atoms with van der Waals surface area (Å²) < 4.78 is 2.07. The summed E-state index contributed by atoms with van der Waals surface area (Å²) in [5, 5.41) is 10.7. The molecule has 2 aromatic rings. The first-order valence-electron chi connectivity index (χ1n) is 11.0. The number of nitrogens with zero attached hydrogens (tertiary/aromatic N) is 2. The third-order valence-electron chi connectivity index (χ3n) is 6.61. The lowest BCUT2D eigenvalue weighted by Gasteiger charge is -2.25. The molecule has 0 unspecified atom stereocenters. The zero-order valence-electron chi connectivity index (χ0n) is 18.1. The fraction of sp³-hybridized carbons (Fsp3) is 0.440. The van der Waals surface area contributed by atoms with Gasteiger partial charge in [0.05, 0.1) is 16.8 Å². The van der Waals surface area contributed by atoms with E-state index in [9.17, 15) is 14.7 Å². The molecule has 1 aliphatic heterocycles. The summed E-state index contributed by atoms with van der Waals surface area (Å²) in [6.07, 6.45) is 11.1. The Morgan fingerprint density at radius 2 is 1.97 bits per heavy atom. The SMILES string of the molecule is C/C=C1\C(=C/CC)c2c(C3CCCCC3)c3ccc(C(=O)O)cc3n2CC(=O)N1C. The number of hydrogen-bond acceptors (Lipinski definition) is 2. The van der Waals surface area contributed by atoms with Crippen LogP contribution in [0.5, 0.6) is 0 Å². The fourth-order valence-corrected chi connectivity index (χ4v) is 5.20. The minimum absolute atomic E-state index is 0.0108. The molecule has 1 fully saturated rings. The number of allylic oxidation sites excluding steroid dienone is 3. The smallest absolute Gasteiger partial charge is 0.335 e. The van der Waals surface area contributed by atoms with Crippen molar-refractivity contribution in [1.82, 2.24) is 9.47 Å². The Balaban J connectivity index is 2.09. The fourth-order valence-electron chi connectivity index (χ4n) is 5.20. The molecule has 1 N–H and O–H groups in total. The summed E-state index contributed by atoms with van der Waals surface area (Å²) in [6, 6.07) is 5.40. The maximum Gasteiger partial charge on any atom is 0.335 e. The molecule has 2 heterocycles. The highest BCUT2D eigenvalue weighted by molar-refractivity contribution is 6.01. The van der Waals surface area contributed by atoms with Gasteiger partial charge in [0.25, 0.3) is 0 Å².